The lowest BCUT2D eigenvalue weighted by molar-refractivity contribution is -0.132. The van der Waals surface area contributed by atoms with Crippen LogP contribution >= 0.6 is 0 Å². The van der Waals surface area contributed by atoms with Gasteiger partial charge in [0.1, 0.15) is 17.3 Å². The Morgan fingerprint density at radius 1 is 1.08 bits per heavy atom. The van der Waals surface area contributed by atoms with Gasteiger partial charge in [0.15, 0.2) is 0 Å². The first kappa shape index (κ1) is 25.0. The van der Waals surface area contributed by atoms with E-state index in [1.165, 1.54) is 24.1 Å². The average molecular weight is 515 g/mol. The summed E-state index contributed by atoms with van der Waals surface area (Å²) in [4.78, 5) is 38.0. The fourth-order valence-electron chi connectivity index (χ4n) is 4.89. The van der Waals surface area contributed by atoms with Crippen molar-refractivity contribution in [3.8, 4) is 5.75 Å². The molecule has 2 N–H and O–H groups in total. The number of nitrogens with zero attached hydrogens (tertiary/aromatic N) is 3. The molecule has 1 atom stereocenters. The molecule has 3 aromatic carbocycles. The highest BCUT2D eigenvalue weighted by molar-refractivity contribution is 6.51. The summed E-state index contributed by atoms with van der Waals surface area (Å²) in [6.45, 7) is 5.74. The van der Waals surface area contributed by atoms with E-state index in [4.69, 9.17) is 4.74 Å². The molecule has 194 valence electrons. The van der Waals surface area contributed by atoms with Crippen molar-refractivity contribution in [2.75, 3.05) is 30.0 Å². The van der Waals surface area contributed by atoms with Crippen LogP contribution in [-0.2, 0) is 9.59 Å². The largest absolute Gasteiger partial charge is 0.507 e. The molecule has 2 heterocycles. The lowest BCUT2D eigenvalue weighted by atomic mass is 9.94. The number of benzene rings is 3. The van der Waals surface area contributed by atoms with Crippen LogP contribution in [0.15, 0.2) is 72.3 Å². The molecule has 1 fully saturated rings. The molecule has 8 nitrogen and oxygen atoms in total. The van der Waals surface area contributed by atoms with Gasteiger partial charge in [-0.25, -0.2) is 9.37 Å². The van der Waals surface area contributed by atoms with Gasteiger partial charge in [-0.05, 0) is 61.9 Å². The maximum atomic E-state index is 14.2. The van der Waals surface area contributed by atoms with Crippen LogP contribution in [0.25, 0.3) is 16.8 Å². The number of halogens is 1. The molecule has 0 bridgehead atoms. The van der Waals surface area contributed by atoms with Crippen molar-refractivity contribution in [2.45, 2.75) is 19.9 Å². The smallest absolute Gasteiger partial charge is 0.302 e. The third-order valence-corrected chi connectivity index (χ3v) is 6.80. The molecule has 1 amide bonds. The van der Waals surface area contributed by atoms with Crippen molar-refractivity contribution in [1.29, 1.82) is 0 Å². The SMILES string of the molecule is CCN(CC)c1ccc(C2/C(=C(\O)c3cc(F)ccc3OC)C(=O)C(=O)N2c2nc3ccccc3[nH]2)cc1. The molecule has 0 aliphatic carbocycles. The summed E-state index contributed by atoms with van der Waals surface area (Å²) in [7, 11) is 1.38. The molecule has 38 heavy (non-hydrogen) atoms. The number of fused-ring (bicyclic) bond motifs is 1. The Labute approximate surface area is 219 Å². The number of Topliss-reactive ketones (excluding diaryl/α,β-unsaturated/α-hetero) is 1. The number of aliphatic hydroxyl groups excluding tert-OH is 1. The fourth-order valence-corrected chi connectivity index (χ4v) is 4.89. The molecule has 4 aromatic rings. The molecule has 0 radical (unpaired) electrons. The number of H-pyrrole nitrogens is 1. The number of aromatic amines is 1. The standard InChI is InChI=1S/C29H27FN4O4/c1-4-33(5-2)19-13-10-17(11-14-19)25-24(26(35)20-16-18(30)12-15-23(20)38-3)27(36)28(37)34(25)29-31-21-8-6-7-9-22(21)32-29/h6-16,25,35H,4-5H2,1-3H3,(H,31,32)/b26-24+. The molecular formula is C29H27FN4O4. The molecule has 1 aliphatic rings. The molecule has 5 rings (SSSR count). The predicted molar refractivity (Wildman–Crippen MR) is 144 cm³/mol. The van der Waals surface area contributed by atoms with Gasteiger partial charge in [-0.3, -0.25) is 14.5 Å². The monoisotopic (exact) mass is 514 g/mol. The highest BCUT2D eigenvalue weighted by Gasteiger charge is 2.48. The van der Waals surface area contributed by atoms with E-state index in [9.17, 15) is 19.1 Å². The topological polar surface area (TPSA) is 98.8 Å². The second-order valence-corrected chi connectivity index (χ2v) is 8.86. The first-order valence-electron chi connectivity index (χ1n) is 12.3. The number of imidazole rings is 1. The number of carbonyl (C=O) groups is 2. The summed E-state index contributed by atoms with van der Waals surface area (Å²) in [6, 6.07) is 17.3. The van der Waals surface area contributed by atoms with Crippen LogP contribution in [0.3, 0.4) is 0 Å². The third-order valence-electron chi connectivity index (χ3n) is 6.80. The van der Waals surface area contributed by atoms with Gasteiger partial charge in [0, 0.05) is 18.8 Å². The van der Waals surface area contributed by atoms with E-state index in [2.05, 4.69) is 28.7 Å². The van der Waals surface area contributed by atoms with E-state index in [1.54, 1.807) is 6.07 Å². The second kappa shape index (κ2) is 10.0. The van der Waals surface area contributed by atoms with Crippen LogP contribution in [0.1, 0.15) is 31.0 Å². The summed E-state index contributed by atoms with van der Waals surface area (Å²) in [5.74, 6) is -2.60. The quantitative estimate of drug-likeness (QED) is 0.200. The first-order valence-corrected chi connectivity index (χ1v) is 12.3. The van der Waals surface area contributed by atoms with Crippen molar-refractivity contribution in [1.82, 2.24) is 9.97 Å². The van der Waals surface area contributed by atoms with E-state index in [0.29, 0.717) is 16.6 Å². The van der Waals surface area contributed by atoms with Crippen molar-refractivity contribution in [3.63, 3.8) is 0 Å². The number of aliphatic hydroxyl groups is 1. The van der Waals surface area contributed by atoms with Crippen molar-refractivity contribution < 1.29 is 23.8 Å². The summed E-state index contributed by atoms with van der Waals surface area (Å²) >= 11 is 0. The number of ether oxygens (including phenoxy) is 1. The van der Waals surface area contributed by atoms with Gasteiger partial charge in [-0.1, -0.05) is 24.3 Å². The molecule has 1 saturated heterocycles. The van der Waals surface area contributed by atoms with Crippen LogP contribution in [0.4, 0.5) is 16.0 Å². The Morgan fingerprint density at radius 3 is 2.45 bits per heavy atom. The van der Waals surface area contributed by atoms with Crippen LogP contribution in [0.5, 0.6) is 5.75 Å². The number of carbonyl (C=O) groups excluding carboxylic acids is 2. The van der Waals surface area contributed by atoms with E-state index in [-0.39, 0.29) is 22.8 Å². The number of hydrogen-bond donors (Lipinski definition) is 2. The molecule has 9 heteroatoms. The zero-order valence-corrected chi connectivity index (χ0v) is 21.2. The lowest BCUT2D eigenvalue weighted by Crippen LogP contribution is -2.30. The zero-order valence-electron chi connectivity index (χ0n) is 21.2. The molecule has 1 aliphatic heterocycles. The van der Waals surface area contributed by atoms with Crippen LogP contribution in [0, 0.1) is 5.82 Å². The molecule has 1 unspecified atom stereocenters. The minimum Gasteiger partial charge on any atom is -0.507 e. The maximum Gasteiger partial charge on any atom is 0.302 e. The molecule has 0 saturated carbocycles. The van der Waals surface area contributed by atoms with Gasteiger partial charge >= 0.3 is 5.91 Å². The summed E-state index contributed by atoms with van der Waals surface area (Å²) in [6.07, 6.45) is 0. The van der Waals surface area contributed by atoms with Crippen molar-refractivity contribution >= 4 is 40.1 Å². The van der Waals surface area contributed by atoms with E-state index >= 15 is 0 Å². The van der Waals surface area contributed by atoms with Crippen LogP contribution < -0.4 is 14.5 Å². The Kier molecular flexibility index (Phi) is 6.59. The van der Waals surface area contributed by atoms with Gasteiger partial charge in [0.05, 0.1) is 35.3 Å². The third kappa shape index (κ3) is 4.15. The van der Waals surface area contributed by atoms with Gasteiger partial charge < -0.3 is 19.7 Å². The summed E-state index contributed by atoms with van der Waals surface area (Å²) in [5.41, 5.74) is 2.65. The Bertz CT molecular complexity index is 1520. The number of ketones is 1. The van der Waals surface area contributed by atoms with Crippen molar-refractivity contribution in [2.24, 2.45) is 0 Å². The first-order chi connectivity index (χ1) is 18.4. The number of nitrogens with one attached hydrogen (secondary N) is 1. The Balaban J connectivity index is 1.72. The summed E-state index contributed by atoms with van der Waals surface area (Å²) < 4.78 is 19.5. The minimum absolute atomic E-state index is 0.0279. The second-order valence-electron chi connectivity index (χ2n) is 8.86. The number of para-hydroxylation sites is 2. The van der Waals surface area contributed by atoms with Gasteiger partial charge in [0.25, 0.3) is 5.78 Å². The normalized spacial score (nSPS) is 16.8. The van der Waals surface area contributed by atoms with Crippen LogP contribution in [0.2, 0.25) is 0 Å². The number of rotatable bonds is 7. The highest BCUT2D eigenvalue weighted by Crippen LogP contribution is 2.43. The number of amides is 1. The average Bonchev–Trinajstić information content (AvgIpc) is 3.47. The zero-order chi connectivity index (χ0) is 27.0. The van der Waals surface area contributed by atoms with Gasteiger partial charge in [-0.15, -0.1) is 0 Å². The Morgan fingerprint density at radius 2 is 1.79 bits per heavy atom. The predicted octanol–water partition coefficient (Wildman–Crippen LogP) is 5.18. The van der Waals surface area contributed by atoms with E-state index in [0.717, 1.165) is 24.8 Å². The molecule has 0 spiro atoms. The molecular weight excluding hydrogens is 487 g/mol. The van der Waals surface area contributed by atoms with E-state index in [1.807, 2.05) is 42.5 Å². The van der Waals surface area contributed by atoms with Crippen LogP contribution in [-0.4, -0.2) is 47.0 Å². The minimum atomic E-state index is -1.02. The van der Waals surface area contributed by atoms with Crippen molar-refractivity contribution in [3.05, 3.63) is 89.2 Å². The van der Waals surface area contributed by atoms with Gasteiger partial charge in [0.2, 0.25) is 5.95 Å². The number of methoxy groups -OCH3 is 1. The highest BCUT2D eigenvalue weighted by atomic mass is 19.1. The van der Waals surface area contributed by atoms with Gasteiger partial charge in [-0.2, -0.15) is 0 Å². The Hall–Kier alpha value is -4.66. The number of aromatic nitrogens is 2. The number of hydrogen-bond acceptors (Lipinski definition) is 6. The number of anilines is 2. The lowest BCUT2D eigenvalue weighted by Gasteiger charge is -2.25. The summed E-state index contributed by atoms with van der Waals surface area (Å²) in [5, 5.41) is 11.4. The van der Waals surface area contributed by atoms with E-state index < -0.39 is 29.3 Å². The molecule has 1 aromatic heterocycles. The maximum absolute atomic E-state index is 14.2. The fraction of sp³-hybridized carbons (Fsp3) is 0.207.